The van der Waals surface area contributed by atoms with Crippen molar-refractivity contribution < 1.29 is 9.05 Å². The minimum Gasteiger partial charge on any atom is -0.337 e. The van der Waals surface area contributed by atoms with Crippen molar-refractivity contribution in [3.63, 3.8) is 0 Å². The van der Waals surface area contributed by atoms with Crippen molar-refractivity contribution in [2.75, 3.05) is 0 Å². The maximum absolute atomic E-state index is 13.1. The summed E-state index contributed by atoms with van der Waals surface area (Å²) >= 11 is 15.4. The Bertz CT molecular complexity index is 3460. The summed E-state index contributed by atoms with van der Waals surface area (Å²) in [6.07, 6.45) is 10.0. The zero-order valence-electron chi connectivity index (χ0n) is 33.0. The second kappa shape index (κ2) is 17.4. The molecule has 0 aliphatic carbocycles. The van der Waals surface area contributed by atoms with Gasteiger partial charge in [0.2, 0.25) is 23.4 Å². The maximum Gasteiger partial charge on any atom is 0.267 e. The van der Waals surface area contributed by atoms with E-state index in [9.17, 15) is 9.59 Å². The van der Waals surface area contributed by atoms with Crippen molar-refractivity contribution in [3.05, 3.63) is 169 Å². The van der Waals surface area contributed by atoms with Crippen LogP contribution in [0.15, 0.2) is 129 Å². The molecular formula is C43H27Cl2N13O4S2. The van der Waals surface area contributed by atoms with Gasteiger partial charge in [-0.3, -0.25) is 24.5 Å². The molecule has 17 nitrogen and oxygen atoms in total. The first-order chi connectivity index (χ1) is 31.2. The largest absolute Gasteiger partial charge is 0.337 e. The van der Waals surface area contributed by atoms with Crippen molar-refractivity contribution in [2.45, 2.75) is 26.4 Å². The fourth-order valence-electron chi connectivity index (χ4n) is 6.64. The van der Waals surface area contributed by atoms with Gasteiger partial charge in [-0.2, -0.15) is 20.2 Å². The number of hydrogen-bond acceptors (Lipinski definition) is 17. The van der Waals surface area contributed by atoms with E-state index in [2.05, 4.69) is 40.3 Å². The second-order valence-corrected chi connectivity index (χ2v) is 16.9. The number of nitrogens with zero attached hydrogens (tertiary/aromatic N) is 13. The first kappa shape index (κ1) is 40.6. The van der Waals surface area contributed by atoms with E-state index in [0.29, 0.717) is 59.5 Å². The van der Waals surface area contributed by atoms with Crippen molar-refractivity contribution in [1.29, 1.82) is 0 Å². The number of hydrogen-bond donors (Lipinski definition) is 0. The van der Waals surface area contributed by atoms with Crippen LogP contribution in [0.1, 0.15) is 28.7 Å². The van der Waals surface area contributed by atoms with Crippen molar-refractivity contribution in [3.8, 4) is 65.1 Å². The van der Waals surface area contributed by atoms with Crippen LogP contribution in [-0.2, 0) is 19.5 Å². The van der Waals surface area contributed by atoms with Crippen LogP contribution < -0.4 is 11.1 Å². The molecule has 0 saturated carbocycles. The SMILES string of the molecule is Cc1nc(-c2cccc(Cl)c2)sc1-c1ccc(=O)n(Cc2nc(-c3cnccc3Cc3nc(-c4cncc(Cl)c4)sc3-c3ccc(=O)n(Cc4nc(-c5cccnc5)no4)n3)no2)n1. The Kier molecular flexibility index (Phi) is 11.0. The number of halogens is 2. The number of rotatable bonds is 12. The molecule has 9 aromatic heterocycles. The van der Waals surface area contributed by atoms with Crippen LogP contribution in [-0.4, -0.2) is 64.8 Å². The molecule has 0 unspecified atom stereocenters. The van der Waals surface area contributed by atoms with Crippen LogP contribution in [0.5, 0.6) is 0 Å². The Morgan fingerprint density at radius 1 is 0.609 bits per heavy atom. The van der Waals surface area contributed by atoms with Crippen molar-refractivity contribution >= 4 is 45.9 Å². The topological polar surface area (TPSA) is 212 Å². The summed E-state index contributed by atoms with van der Waals surface area (Å²) in [6, 6.07) is 20.8. The summed E-state index contributed by atoms with van der Waals surface area (Å²) in [5.41, 5.74) is 5.31. The normalized spacial score (nSPS) is 11.4. The molecule has 0 atom stereocenters. The Morgan fingerprint density at radius 2 is 1.27 bits per heavy atom. The first-order valence-corrected chi connectivity index (χ1v) is 21.6. The van der Waals surface area contributed by atoms with Crippen LogP contribution in [0.25, 0.3) is 65.1 Å². The van der Waals surface area contributed by atoms with Gasteiger partial charge < -0.3 is 9.05 Å². The number of pyridine rings is 3. The second-order valence-electron chi connectivity index (χ2n) is 14.0. The lowest BCUT2D eigenvalue weighted by Gasteiger charge is -2.07. The third kappa shape index (κ3) is 8.51. The molecule has 0 spiro atoms. The average molecular weight is 925 g/mol. The Balaban J connectivity index is 0.944. The summed E-state index contributed by atoms with van der Waals surface area (Å²) in [5.74, 6) is 0.931. The monoisotopic (exact) mass is 923 g/mol. The predicted octanol–water partition coefficient (Wildman–Crippen LogP) is 7.97. The van der Waals surface area contributed by atoms with Crippen LogP contribution in [0.4, 0.5) is 0 Å². The average Bonchev–Trinajstić information content (AvgIpc) is 4.14. The molecule has 0 saturated heterocycles. The zero-order valence-corrected chi connectivity index (χ0v) is 36.2. The highest BCUT2D eigenvalue weighted by Gasteiger charge is 2.22. The first-order valence-electron chi connectivity index (χ1n) is 19.2. The minimum atomic E-state index is -0.370. The molecule has 0 fully saturated rings. The summed E-state index contributed by atoms with van der Waals surface area (Å²) in [5, 5.41) is 20.2. The molecule has 0 bridgehead atoms. The number of aryl methyl sites for hydroxylation is 1. The lowest BCUT2D eigenvalue weighted by atomic mass is 10.0. The molecular weight excluding hydrogens is 898 g/mol. The van der Waals surface area contributed by atoms with E-state index in [1.807, 2.05) is 31.2 Å². The lowest BCUT2D eigenvalue weighted by Crippen LogP contribution is -2.23. The lowest BCUT2D eigenvalue weighted by molar-refractivity contribution is 0.363. The number of benzene rings is 1. The third-order valence-corrected chi connectivity index (χ3v) is 12.5. The molecule has 21 heteroatoms. The molecule has 0 aliphatic rings. The van der Waals surface area contributed by atoms with Gasteiger partial charge in [0.1, 0.15) is 34.5 Å². The van der Waals surface area contributed by atoms with Crippen LogP contribution in [0.2, 0.25) is 10.0 Å². The van der Waals surface area contributed by atoms with Gasteiger partial charge in [-0.25, -0.2) is 19.3 Å². The number of aromatic nitrogens is 13. The molecule has 0 N–H and O–H groups in total. The Hall–Kier alpha value is -7.45. The van der Waals surface area contributed by atoms with E-state index >= 15 is 0 Å². The van der Waals surface area contributed by atoms with Gasteiger partial charge in [-0.15, -0.1) is 22.7 Å². The predicted molar refractivity (Wildman–Crippen MR) is 239 cm³/mol. The van der Waals surface area contributed by atoms with E-state index in [0.717, 1.165) is 26.7 Å². The molecule has 10 aromatic rings. The van der Waals surface area contributed by atoms with E-state index in [-0.39, 0.29) is 48.2 Å². The molecule has 0 radical (unpaired) electrons. The quantitative estimate of drug-likeness (QED) is 0.114. The van der Waals surface area contributed by atoms with Gasteiger partial charge in [0, 0.05) is 83.0 Å². The number of thiazole rings is 2. The molecule has 0 amide bonds. The van der Waals surface area contributed by atoms with Gasteiger partial charge in [0.15, 0.2) is 0 Å². The fourth-order valence-corrected chi connectivity index (χ4v) is 9.06. The minimum absolute atomic E-state index is 0.0739. The van der Waals surface area contributed by atoms with Crippen molar-refractivity contribution in [1.82, 2.24) is 64.8 Å². The standard InChI is InChI=1S/C43H27Cl2N13O4S2/c1-23-38(63-42(49-23)25-4-2-6-28(44)14-25)31-7-9-36(59)57(53-31)22-35-52-41(56-62-35)30-20-47-13-11-24(30)16-33-39(64-43(50-33)27-15-29(45)19-48-18-27)32-8-10-37(60)58(54-32)21-34-51-40(55-61-34)26-5-3-12-46-17-26/h2-15,17-20H,16,21-22H2,1H3. The fraction of sp³-hybridized carbons (Fsp3) is 0.0930. The van der Waals surface area contributed by atoms with E-state index in [1.165, 1.54) is 44.2 Å². The Morgan fingerprint density at radius 3 is 2.00 bits per heavy atom. The third-order valence-electron chi connectivity index (χ3n) is 9.65. The summed E-state index contributed by atoms with van der Waals surface area (Å²) in [6.45, 7) is 1.73. The van der Waals surface area contributed by atoms with Crippen LogP contribution >= 0.6 is 45.9 Å². The van der Waals surface area contributed by atoms with Crippen LogP contribution in [0.3, 0.4) is 0 Å². The van der Waals surface area contributed by atoms with E-state index in [1.54, 1.807) is 73.6 Å². The molecule has 1 aromatic carbocycles. The molecule has 10 rings (SSSR count). The van der Waals surface area contributed by atoms with Gasteiger partial charge in [-0.05, 0) is 61.0 Å². The molecule has 0 aliphatic heterocycles. The van der Waals surface area contributed by atoms with Gasteiger partial charge >= 0.3 is 0 Å². The molecule has 9 heterocycles. The highest BCUT2D eigenvalue weighted by Crippen LogP contribution is 2.38. The highest BCUT2D eigenvalue weighted by molar-refractivity contribution is 7.18. The summed E-state index contributed by atoms with van der Waals surface area (Å²) < 4.78 is 13.7. The van der Waals surface area contributed by atoms with Gasteiger partial charge in [0.05, 0.1) is 26.2 Å². The zero-order chi connectivity index (χ0) is 43.7. The van der Waals surface area contributed by atoms with Gasteiger partial charge in [0.25, 0.3) is 11.1 Å². The van der Waals surface area contributed by atoms with E-state index < -0.39 is 0 Å². The van der Waals surface area contributed by atoms with Crippen molar-refractivity contribution in [2.24, 2.45) is 0 Å². The van der Waals surface area contributed by atoms with E-state index in [4.69, 9.17) is 47.3 Å². The smallest absolute Gasteiger partial charge is 0.267 e. The maximum atomic E-state index is 13.1. The molecule has 314 valence electrons. The highest BCUT2D eigenvalue weighted by atomic mass is 35.5. The Labute approximate surface area is 378 Å². The van der Waals surface area contributed by atoms with Crippen LogP contribution in [0, 0.1) is 6.92 Å². The van der Waals surface area contributed by atoms with Gasteiger partial charge in [-0.1, -0.05) is 45.6 Å². The molecule has 64 heavy (non-hydrogen) atoms. The summed E-state index contributed by atoms with van der Waals surface area (Å²) in [7, 11) is 0. The summed E-state index contributed by atoms with van der Waals surface area (Å²) in [4.78, 5) is 59.3.